The number of nitrogens with one attached hydrogen (secondary N) is 1. The SMILES string of the molecule is COc1ccc(C(=O)Nc2nnc(Cc3ccccc3)s2)cc1S(=O)(=O)N1CCCC1. The Morgan fingerprint density at radius 2 is 1.87 bits per heavy atom. The van der Waals surface area contributed by atoms with Gasteiger partial charge in [-0.05, 0) is 36.6 Å². The highest BCUT2D eigenvalue weighted by Gasteiger charge is 2.30. The molecule has 0 atom stereocenters. The van der Waals surface area contributed by atoms with Gasteiger partial charge in [0.2, 0.25) is 15.2 Å². The standard InChI is InChI=1S/C21H22N4O4S2/c1-29-17-10-9-16(14-18(17)31(27,28)25-11-5-6-12-25)20(26)22-21-24-23-19(30-21)13-15-7-3-2-4-8-15/h2-4,7-10,14H,5-6,11-13H2,1H3,(H,22,24,26). The van der Waals surface area contributed by atoms with E-state index < -0.39 is 15.9 Å². The molecule has 0 radical (unpaired) electrons. The Morgan fingerprint density at radius 3 is 2.58 bits per heavy atom. The lowest BCUT2D eigenvalue weighted by Gasteiger charge is -2.18. The minimum absolute atomic E-state index is 0.00780. The lowest BCUT2D eigenvalue weighted by atomic mass is 10.2. The molecule has 8 nitrogen and oxygen atoms in total. The molecule has 1 amide bonds. The van der Waals surface area contributed by atoms with Crippen molar-refractivity contribution in [3.8, 4) is 5.75 Å². The quantitative estimate of drug-likeness (QED) is 0.584. The molecule has 1 aromatic heterocycles. The van der Waals surface area contributed by atoms with Crippen molar-refractivity contribution in [3.63, 3.8) is 0 Å². The minimum atomic E-state index is -3.74. The summed E-state index contributed by atoms with van der Waals surface area (Å²) in [7, 11) is -2.33. The lowest BCUT2D eigenvalue weighted by molar-refractivity contribution is 0.102. The summed E-state index contributed by atoms with van der Waals surface area (Å²) in [6, 6.07) is 14.2. The van der Waals surface area contributed by atoms with E-state index in [1.165, 1.54) is 41.0 Å². The van der Waals surface area contributed by atoms with E-state index in [-0.39, 0.29) is 16.2 Å². The number of amides is 1. The first-order valence-corrected chi connectivity index (χ1v) is 12.1. The lowest BCUT2D eigenvalue weighted by Crippen LogP contribution is -2.28. The second kappa shape index (κ2) is 9.13. The van der Waals surface area contributed by atoms with Crippen molar-refractivity contribution in [2.24, 2.45) is 0 Å². The van der Waals surface area contributed by atoms with Crippen LogP contribution in [0.1, 0.15) is 33.8 Å². The molecule has 3 aromatic rings. The number of nitrogens with zero attached hydrogens (tertiary/aromatic N) is 3. The molecule has 1 aliphatic rings. The minimum Gasteiger partial charge on any atom is -0.495 e. The average molecular weight is 459 g/mol. The van der Waals surface area contributed by atoms with Crippen molar-refractivity contribution in [1.29, 1.82) is 0 Å². The maximum Gasteiger partial charge on any atom is 0.257 e. The number of sulfonamides is 1. The maximum absolute atomic E-state index is 13.0. The first-order chi connectivity index (χ1) is 15.0. The summed E-state index contributed by atoms with van der Waals surface area (Å²) in [5, 5.41) is 12.0. The number of anilines is 1. The molecule has 0 unspecified atom stereocenters. The summed E-state index contributed by atoms with van der Waals surface area (Å²) >= 11 is 1.28. The van der Waals surface area contributed by atoms with Crippen molar-refractivity contribution < 1.29 is 17.9 Å². The summed E-state index contributed by atoms with van der Waals surface area (Å²) in [5.41, 5.74) is 1.31. The number of carbonyl (C=O) groups excluding carboxylic acids is 1. The second-order valence-corrected chi connectivity index (χ2v) is 10.1. The predicted octanol–water partition coefficient (Wildman–Crippen LogP) is 3.17. The van der Waals surface area contributed by atoms with E-state index >= 15 is 0 Å². The first kappa shape index (κ1) is 21.4. The number of hydrogen-bond acceptors (Lipinski definition) is 7. The molecule has 31 heavy (non-hydrogen) atoms. The van der Waals surface area contributed by atoms with Gasteiger partial charge in [0.25, 0.3) is 5.91 Å². The topological polar surface area (TPSA) is 101 Å². The van der Waals surface area contributed by atoms with Crippen LogP contribution in [0.2, 0.25) is 0 Å². The molecule has 0 aliphatic carbocycles. The van der Waals surface area contributed by atoms with Crippen LogP contribution in [0.4, 0.5) is 5.13 Å². The fourth-order valence-electron chi connectivity index (χ4n) is 3.40. The molecule has 2 aromatic carbocycles. The zero-order valence-corrected chi connectivity index (χ0v) is 18.6. The van der Waals surface area contributed by atoms with Crippen LogP contribution in [0.5, 0.6) is 5.75 Å². The zero-order valence-electron chi connectivity index (χ0n) is 16.9. The van der Waals surface area contributed by atoms with Crippen LogP contribution in [0.15, 0.2) is 53.4 Å². The van der Waals surface area contributed by atoms with Gasteiger partial charge in [0.05, 0.1) is 7.11 Å². The number of benzene rings is 2. The second-order valence-electron chi connectivity index (χ2n) is 7.09. The van der Waals surface area contributed by atoms with Gasteiger partial charge in [-0.1, -0.05) is 41.7 Å². The molecular weight excluding hydrogens is 436 g/mol. The summed E-state index contributed by atoms with van der Waals surface area (Å²) in [4.78, 5) is 12.8. The molecule has 1 N–H and O–H groups in total. The maximum atomic E-state index is 13.0. The van der Waals surface area contributed by atoms with Gasteiger partial charge in [0, 0.05) is 25.1 Å². The van der Waals surface area contributed by atoms with Gasteiger partial charge < -0.3 is 4.74 Å². The van der Waals surface area contributed by atoms with E-state index in [1.807, 2.05) is 30.3 Å². The summed E-state index contributed by atoms with van der Waals surface area (Å²) in [6.07, 6.45) is 2.27. The van der Waals surface area contributed by atoms with E-state index in [4.69, 9.17) is 4.74 Å². The van der Waals surface area contributed by atoms with Crippen molar-refractivity contribution in [2.45, 2.75) is 24.2 Å². The molecule has 10 heteroatoms. The Hall–Kier alpha value is -2.82. The molecule has 4 rings (SSSR count). The smallest absolute Gasteiger partial charge is 0.257 e. The van der Waals surface area contributed by atoms with Crippen molar-refractivity contribution in [2.75, 3.05) is 25.5 Å². The molecule has 0 spiro atoms. The van der Waals surface area contributed by atoms with Gasteiger partial charge in [-0.2, -0.15) is 4.31 Å². The molecule has 0 bridgehead atoms. The highest BCUT2D eigenvalue weighted by Crippen LogP contribution is 2.30. The molecule has 162 valence electrons. The highest BCUT2D eigenvalue weighted by molar-refractivity contribution is 7.89. The van der Waals surface area contributed by atoms with E-state index in [2.05, 4.69) is 15.5 Å². The molecule has 1 fully saturated rings. The predicted molar refractivity (Wildman–Crippen MR) is 118 cm³/mol. The molecule has 1 aliphatic heterocycles. The zero-order chi connectivity index (χ0) is 21.8. The Balaban J connectivity index is 1.53. The fraction of sp³-hybridized carbons (Fsp3) is 0.286. The largest absolute Gasteiger partial charge is 0.495 e. The van der Waals surface area contributed by atoms with Gasteiger partial charge in [-0.15, -0.1) is 10.2 Å². The third-order valence-corrected chi connectivity index (χ3v) is 7.75. The molecular formula is C21H22N4O4S2. The van der Waals surface area contributed by atoms with Crippen LogP contribution in [0.25, 0.3) is 0 Å². The monoisotopic (exact) mass is 458 g/mol. The Bertz CT molecular complexity index is 1170. The van der Waals surface area contributed by atoms with Crippen LogP contribution in [0.3, 0.4) is 0 Å². The fourth-order valence-corrected chi connectivity index (χ4v) is 5.87. The number of ether oxygens (including phenoxy) is 1. The van der Waals surface area contributed by atoms with Crippen LogP contribution in [-0.4, -0.2) is 49.0 Å². The van der Waals surface area contributed by atoms with Crippen LogP contribution < -0.4 is 10.1 Å². The van der Waals surface area contributed by atoms with Crippen molar-refractivity contribution >= 4 is 32.4 Å². The van der Waals surface area contributed by atoms with Crippen LogP contribution >= 0.6 is 11.3 Å². The van der Waals surface area contributed by atoms with Crippen LogP contribution in [-0.2, 0) is 16.4 Å². The number of methoxy groups -OCH3 is 1. The molecule has 2 heterocycles. The average Bonchev–Trinajstić information content (AvgIpc) is 3.47. The Kier molecular flexibility index (Phi) is 6.30. The van der Waals surface area contributed by atoms with E-state index in [0.717, 1.165) is 23.4 Å². The molecule has 1 saturated heterocycles. The number of hydrogen-bond donors (Lipinski definition) is 1. The summed E-state index contributed by atoms with van der Waals surface area (Å²) < 4.78 is 32.7. The third kappa shape index (κ3) is 4.76. The van der Waals surface area contributed by atoms with Crippen molar-refractivity contribution in [1.82, 2.24) is 14.5 Å². The molecule has 0 saturated carbocycles. The Morgan fingerprint density at radius 1 is 1.13 bits per heavy atom. The van der Waals surface area contributed by atoms with Gasteiger partial charge in [0.15, 0.2) is 0 Å². The van der Waals surface area contributed by atoms with Gasteiger partial charge >= 0.3 is 0 Å². The van der Waals surface area contributed by atoms with E-state index in [1.54, 1.807) is 0 Å². The van der Waals surface area contributed by atoms with Gasteiger partial charge in [-0.25, -0.2) is 8.42 Å². The van der Waals surface area contributed by atoms with Gasteiger partial charge in [0.1, 0.15) is 15.7 Å². The summed E-state index contributed by atoms with van der Waals surface area (Å²) in [5.74, 6) is -0.243. The first-order valence-electron chi connectivity index (χ1n) is 9.83. The number of aromatic nitrogens is 2. The third-order valence-electron chi connectivity index (χ3n) is 4.99. The summed E-state index contributed by atoms with van der Waals surface area (Å²) in [6.45, 7) is 0.938. The Labute approximate surface area is 184 Å². The normalized spacial score (nSPS) is 14.5. The highest BCUT2D eigenvalue weighted by atomic mass is 32.2. The van der Waals surface area contributed by atoms with Gasteiger partial charge in [-0.3, -0.25) is 10.1 Å². The van der Waals surface area contributed by atoms with Crippen molar-refractivity contribution in [3.05, 3.63) is 64.7 Å². The van der Waals surface area contributed by atoms with E-state index in [0.29, 0.717) is 24.6 Å². The van der Waals surface area contributed by atoms with E-state index in [9.17, 15) is 13.2 Å². The van der Waals surface area contributed by atoms with Crippen LogP contribution in [0, 0.1) is 0 Å². The number of rotatable bonds is 7. The number of carbonyl (C=O) groups is 1.